The van der Waals surface area contributed by atoms with Gasteiger partial charge in [0.2, 0.25) is 0 Å². The molecule has 12 heavy (non-hydrogen) atoms. The van der Waals surface area contributed by atoms with Crippen molar-refractivity contribution in [2.75, 3.05) is 13.1 Å². The Hall–Kier alpha value is -0.190. The molecule has 3 nitrogen and oxygen atoms in total. The first kappa shape index (κ1) is 9.89. The van der Waals surface area contributed by atoms with Crippen LogP contribution in [0.1, 0.15) is 23.8 Å². The molecule has 1 N–H and O–H groups in total. The molecule has 1 unspecified atom stereocenters. The Balaban J connectivity index is 0.000000720. The molecule has 0 radical (unpaired) electrons. The van der Waals surface area contributed by atoms with Gasteiger partial charge < -0.3 is 5.32 Å². The number of aromatic nitrogens is 2. The molecule has 1 aliphatic heterocycles. The number of nitrogens with zero attached hydrogens (tertiary/aromatic N) is 2. The first-order valence-corrected chi connectivity index (χ1v) is 4.71. The number of halogens is 1. The zero-order valence-electron chi connectivity index (χ0n) is 6.69. The van der Waals surface area contributed by atoms with Gasteiger partial charge in [-0.25, -0.2) is 4.98 Å². The lowest BCUT2D eigenvalue weighted by Crippen LogP contribution is -2.28. The van der Waals surface area contributed by atoms with Crippen molar-refractivity contribution in [3.63, 3.8) is 0 Å². The molecular weight excluding hydrogens is 194 g/mol. The summed E-state index contributed by atoms with van der Waals surface area (Å²) < 4.78 is 4.00. The van der Waals surface area contributed by atoms with Gasteiger partial charge in [-0.15, -0.1) is 12.4 Å². The van der Waals surface area contributed by atoms with E-state index in [0.717, 1.165) is 13.1 Å². The summed E-state index contributed by atoms with van der Waals surface area (Å²) in [7, 11) is 0. The summed E-state index contributed by atoms with van der Waals surface area (Å²) in [5.41, 5.74) is 0. The van der Waals surface area contributed by atoms with E-state index in [-0.39, 0.29) is 12.4 Å². The van der Waals surface area contributed by atoms with Crippen LogP contribution in [0.15, 0.2) is 6.33 Å². The lowest BCUT2D eigenvalue weighted by Gasteiger charge is -2.19. The second-order valence-electron chi connectivity index (χ2n) is 2.82. The predicted octanol–water partition coefficient (Wildman–Crippen LogP) is 1.43. The van der Waals surface area contributed by atoms with Crippen LogP contribution < -0.4 is 5.32 Å². The van der Waals surface area contributed by atoms with E-state index in [9.17, 15) is 0 Å². The highest BCUT2D eigenvalue weighted by Gasteiger charge is 2.17. The standard InChI is InChI=1S/C7H11N3S.ClH/c1-2-6(4-8-3-1)7-9-5-10-11-7;/h5-6,8H,1-4H2;1H. The number of hydrogen-bond donors (Lipinski definition) is 1. The Morgan fingerprint density at radius 3 is 3.08 bits per heavy atom. The molecule has 1 aliphatic rings. The summed E-state index contributed by atoms with van der Waals surface area (Å²) in [6, 6.07) is 0. The predicted molar refractivity (Wildman–Crippen MR) is 52.0 cm³/mol. The zero-order valence-corrected chi connectivity index (χ0v) is 8.33. The molecule has 0 spiro atoms. The van der Waals surface area contributed by atoms with Crippen molar-refractivity contribution in [2.24, 2.45) is 0 Å². The van der Waals surface area contributed by atoms with Crippen LogP contribution in [-0.4, -0.2) is 22.4 Å². The highest BCUT2D eigenvalue weighted by atomic mass is 35.5. The molecule has 68 valence electrons. The summed E-state index contributed by atoms with van der Waals surface area (Å²) in [5, 5.41) is 4.55. The second-order valence-corrected chi connectivity index (χ2v) is 3.63. The Kier molecular flexibility index (Phi) is 3.91. The fourth-order valence-electron chi connectivity index (χ4n) is 1.42. The number of nitrogens with one attached hydrogen (secondary N) is 1. The number of piperidine rings is 1. The molecule has 0 bridgehead atoms. The van der Waals surface area contributed by atoms with Gasteiger partial charge in [-0.05, 0) is 30.9 Å². The van der Waals surface area contributed by atoms with Crippen molar-refractivity contribution < 1.29 is 0 Å². The monoisotopic (exact) mass is 205 g/mol. The van der Waals surface area contributed by atoms with E-state index in [1.54, 1.807) is 6.33 Å². The van der Waals surface area contributed by atoms with Gasteiger partial charge in [-0.1, -0.05) is 0 Å². The molecular formula is C7H12ClN3S. The van der Waals surface area contributed by atoms with Crippen LogP contribution in [0.3, 0.4) is 0 Å². The van der Waals surface area contributed by atoms with E-state index in [4.69, 9.17) is 0 Å². The SMILES string of the molecule is Cl.c1nsc(C2CCCNC2)n1. The quantitative estimate of drug-likeness (QED) is 0.754. The first-order valence-electron chi connectivity index (χ1n) is 3.94. The van der Waals surface area contributed by atoms with Gasteiger partial charge >= 0.3 is 0 Å². The second kappa shape index (κ2) is 4.74. The van der Waals surface area contributed by atoms with Crippen LogP contribution in [0.25, 0.3) is 0 Å². The average molecular weight is 206 g/mol. The van der Waals surface area contributed by atoms with Crippen molar-refractivity contribution in [3.05, 3.63) is 11.3 Å². The summed E-state index contributed by atoms with van der Waals surface area (Å²) in [6.45, 7) is 2.24. The maximum Gasteiger partial charge on any atom is 0.129 e. The van der Waals surface area contributed by atoms with Gasteiger partial charge in [0, 0.05) is 12.5 Å². The molecule has 0 amide bonds. The van der Waals surface area contributed by atoms with Crippen molar-refractivity contribution >= 4 is 23.9 Å². The summed E-state index contributed by atoms with van der Waals surface area (Å²) >= 11 is 1.53. The average Bonchev–Trinajstić information content (AvgIpc) is 2.58. The first-order chi connectivity index (χ1) is 5.47. The van der Waals surface area contributed by atoms with Gasteiger partial charge in [0.15, 0.2) is 0 Å². The van der Waals surface area contributed by atoms with E-state index >= 15 is 0 Å². The minimum Gasteiger partial charge on any atom is -0.316 e. The Morgan fingerprint density at radius 2 is 2.50 bits per heavy atom. The topological polar surface area (TPSA) is 37.8 Å². The smallest absolute Gasteiger partial charge is 0.129 e. The molecule has 1 aromatic heterocycles. The lowest BCUT2D eigenvalue weighted by molar-refractivity contribution is 0.460. The normalized spacial score (nSPS) is 23.2. The van der Waals surface area contributed by atoms with Crippen LogP contribution >= 0.6 is 23.9 Å². The Labute approximate surface area is 82.2 Å². The molecule has 2 rings (SSSR count). The third kappa shape index (κ3) is 2.15. The van der Waals surface area contributed by atoms with Crippen LogP contribution in [0.2, 0.25) is 0 Å². The summed E-state index contributed by atoms with van der Waals surface area (Å²) in [4.78, 5) is 4.21. The zero-order chi connectivity index (χ0) is 7.52. The third-order valence-corrected chi connectivity index (χ3v) is 2.85. The number of rotatable bonds is 1. The minimum atomic E-state index is 0. The maximum atomic E-state index is 4.21. The summed E-state index contributed by atoms with van der Waals surface area (Å²) in [6.07, 6.45) is 4.18. The fourth-order valence-corrected chi connectivity index (χ4v) is 2.07. The molecule has 1 aromatic rings. The van der Waals surface area contributed by atoms with Crippen molar-refractivity contribution in [1.29, 1.82) is 0 Å². The Bertz CT molecular complexity index is 208. The molecule has 0 aromatic carbocycles. The van der Waals surface area contributed by atoms with Gasteiger partial charge in [0.05, 0.1) is 0 Å². The van der Waals surface area contributed by atoms with E-state index < -0.39 is 0 Å². The highest BCUT2D eigenvalue weighted by molar-refractivity contribution is 7.05. The van der Waals surface area contributed by atoms with Gasteiger partial charge in [-0.3, -0.25) is 0 Å². The minimum absolute atomic E-state index is 0. The van der Waals surface area contributed by atoms with Crippen molar-refractivity contribution in [3.8, 4) is 0 Å². The molecule has 5 heteroatoms. The van der Waals surface area contributed by atoms with Crippen LogP contribution in [-0.2, 0) is 0 Å². The number of hydrogen-bond acceptors (Lipinski definition) is 4. The molecule has 1 fully saturated rings. The molecule has 2 heterocycles. The van der Waals surface area contributed by atoms with Gasteiger partial charge in [0.1, 0.15) is 11.3 Å². The van der Waals surface area contributed by atoms with E-state index in [0.29, 0.717) is 5.92 Å². The van der Waals surface area contributed by atoms with Gasteiger partial charge in [0.25, 0.3) is 0 Å². The van der Waals surface area contributed by atoms with Crippen molar-refractivity contribution in [1.82, 2.24) is 14.7 Å². The van der Waals surface area contributed by atoms with E-state index in [2.05, 4.69) is 14.7 Å². The van der Waals surface area contributed by atoms with Crippen LogP contribution in [0.5, 0.6) is 0 Å². The molecule has 1 atom stereocenters. The fraction of sp³-hybridized carbons (Fsp3) is 0.714. The molecule has 0 saturated carbocycles. The van der Waals surface area contributed by atoms with Crippen molar-refractivity contribution in [2.45, 2.75) is 18.8 Å². The van der Waals surface area contributed by atoms with Crippen LogP contribution in [0, 0.1) is 0 Å². The molecule has 1 saturated heterocycles. The third-order valence-electron chi connectivity index (χ3n) is 2.02. The summed E-state index contributed by atoms with van der Waals surface area (Å²) in [5.74, 6) is 0.622. The lowest BCUT2D eigenvalue weighted by atomic mass is 10.0. The molecule has 0 aliphatic carbocycles. The Morgan fingerprint density at radius 1 is 1.58 bits per heavy atom. The largest absolute Gasteiger partial charge is 0.316 e. The van der Waals surface area contributed by atoms with Crippen LogP contribution in [0.4, 0.5) is 0 Å². The maximum absolute atomic E-state index is 4.21. The van der Waals surface area contributed by atoms with E-state index in [1.807, 2.05) is 0 Å². The van der Waals surface area contributed by atoms with Gasteiger partial charge in [-0.2, -0.15) is 4.37 Å². The van der Waals surface area contributed by atoms with E-state index in [1.165, 1.54) is 29.4 Å². The highest BCUT2D eigenvalue weighted by Crippen LogP contribution is 2.22.